The van der Waals surface area contributed by atoms with E-state index in [4.69, 9.17) is 14.2 Å². The predicted octanol–water partition coefficient (Wildman–Crippen LogP) is 19.9. The van der Waals surface area contributed by atoms with Crippen LogP contribution in [-0.2, 0) is 28.6 Å². The lowest BCUT2D eigenvalue weighted by Crippen LogP contribution is -2.30. The number of esters is 3. The van der Waals surface area contributed by atoms with Crippen molar-refractivity contribution in [2.24, 2.45) is 17.8 Å². The van der Waals surface area contributed by atoms with E-state index in [0.29, 0.717) is 19.3 Å². The highest BCUT2D eigenvalue weighted by molar-refractivity contribution is 5.71. The van der Waals surface area contributed by atoms with Gasteiger partial charge in [0.1, 0.15) is 13.2 Å². The summed E-state index contributed by atoms with van der Waals surface area (Å²) in [6, 6.07) is 0. The molecule has 0 heterocycles. The van der Waals surface area contributed by atoms with Gasteiger partial charge in [0.05, 0.1) is 0 Å². The van der Waals surface area contributed by atoms with Crippen molar-refractivity contribution in [2.75, 3.05) is 13.2 Å². The molecule has 67 heavy (non-hydrogen) atoms. The van der Waals surface area contributed by atoms with Gasteiger partial charge in [-0.25, -0.2) is 0 Å². The monoisotopic (exact) mass is 947 g/mol. The minimum atomic E-state index is -0.764. The highest BCUT2D eigenvalue weighted by Gasteiger charge is 2.19. The maximum absolute atomic E-state index is 12.9. The average molecular weight is 948 g/mol. The molecular formula is C61H118O6. The van der Waals surface area contributed by atoms with Gasteiger partial charge in [0.15, 0.2) is 6.10 Å². The normalized spacial score (nSPS) is 12.1. The molecule has 0 aliphatic heterocycles. The van der Waals surface area contributed by atoms with Crippen LogP contribution < -0.4 is 0 Å². The lowest BCUT2D eigenvalue weighted by Gasteiger charge is -2.18. The number of hydrogen-bond acceptors (Lipinski definition) is 6. The summed E-state index contributed by atoms with van der Waals surface area (Å²) in [5.41, 5.74) is 0. The molecule has 6 heteroatoms. The van der Waals surface area contributed by atoms with Gasteiger partial charge in [-0.1, -0.05) is 298 Å². The number of unbranched alkanes of at least 4 members (excludes halogenated alkanes) is 37. The van der Waals surface area contributed by atoms with Crippen molar-refractivity contribution in [3.05, 3.63) is 0 Å². The molecule has 0 amide bonds. The fraction of sp³-hybridized carbons (Fsp3) is 0.951. The SMILES string of the molecule is CC(C)CCCCCCCCCCCCCCCCCC(=O)OC[C@@H](COC(=O)CCCCCCCCCCCCCCC(C)C)OC(=O)CCCCCCCCCCCCCCCC(C)C. The van der Waals surface area contributed by atoms with Gasteiger partial charge in [0, 0.05) is 19.3 Å². The van der Waals surface area contributed by atoms with Crippen LogP contribution in [0, 0.1) is 17.8 Å². The van der Waals surface area contributed by atoms with Crippen molar-refractivity contribution in [3.8, 4) is 0 Å². The number of rotatable bonds is 54. The second kappa shape index (κ2) is 52.2. The van der Waals surface area contributed by atoms with Gasteiger partial charge in [0.25, 0.3) is 0 Å². The fourth-order valence-electron chi connectivity index (χ4n) is 9.35. The molecule has 0 N–H and O–H groups in total. The van der Waals surface area contributed by atoms with Crippen LogP contribution >= 0.6 is 0 Å². The van der Waals surface area contributed by atoms with E-state index in [1.54, 1.807) is 0 Å². The van der Waals surface area contributed by atoms with Crippen molar-refractivity contribution >= 4 is 17.9 Å². The van der Waals surface area contributed by atoms with Crippen LogP contribution in [0.25, 0.3) is 0 Å². The Morgan fingerprint density at radius 3 is 0.642 bits per heavy atom. The third kappa shape index (κ3) is 55.2. The Labute approximate surface area is 418 Å². The van der Waals surface area contributed by atoms with Crippen molar-refractivity contribution in [1.82, 2.24) is 0 Å². The molecule has 0 rings (SSSR count). The highest BCUT2D eigenvalue weighted by Crippen LogP contribution is 2.19. The maximum atomic E-state index is 12.9. The van der Waals surface area contributed by atoms with Gasteiger partial charge in [-0.05, 0) is 37.0 Å². The molecule has 0 fully saturated rings. The van der Waals surface area contributed by atoms with E-state index >= 15 is 0 Å². The average Bonchev–Trinajstić information content (AvgIpc) is 3.29. The molecule has 0 radical (unpaired) electrons. The fourth-order valence-corrected chi connectivity index (χ4v) is 9.35. The molecule has 0 aromatic rings. The van der Waals surface area contributed by atoms with E-state index in [2.05, 4.69) is 41.5 Å². The van der Waals surface area contributed by atoms with Crippen molar-refractivity contribution in [2.45, 2.75) is 343 Å². The molecule has 0 aliphatic carbocycles. The zero-order valence-electron chi connectivity index (χ0n) is 46.2. The first-order valence-electron chi connectivity index (χ1n) is 30.1. The van der Waals surface area contributed by atoms with Gasteiger partial charge < -0.3 is 14.2 Å². The molecule has 0 unspecified atom stereocenters. The number of carbonyl (C=O) groups is 3. The first kappa shape index (κ1) is 65.4. The molecule has 0 saturated heterocycles. The Kier molecular flexibility index (Phi) is 51.0. The largest absolute Gasteiger partial charge is 0.462 e. The van der Waals surface area contributed by atoms with Gasteiger partial charge in [0.2, 0.25) is 0 Å². The number of carbonyl (C=O) groups excluding carboxylic acids is 3. The van der Waals surface area contributed by atoms with Crippen LogP contribution in [0.3, 0.4) is 0 Å². The molecule has 1 atom stereocenters. The highest BCUT2D eigenvalue weighted by atomic mass is 16.6. The van der Waals surface area contributed by atoms with E-state index in [1.165, 1.54) is 218 Å². The Bertz CT molecular complexity index is 1040. The first-order valence-corrected chi connectivity index (χ1v) is 30.1. The van der Waals surface area contributed by atoms with Crippen LogP contribution in [0.15, 0.2) is 0 Å². The van der Waals surface area contributed by atoms with Gasteiger partial charge >= 0.3 is 17.9 Å². The maximum Gasteiger partial charge on any atom is 0.306 e. The van der Waals surface area contributed by atoms with Crippen LogP contribution in [0.1, 0.15) is 337 Å². The molecule has 0 aliphatic rings. The van der Waals surface area contributed by atoms with Crippen LogP contribution in [0.4, 0.5) is 0 Å². The van der Waals surface area contributed by atoms with Gasteiger partial charge in [-0.3, -0.25) is 14.4 Å². The lowest BCUT2D eigenvalue weighted by molar-refractivity contribution is -0.167. The van der Waals surface area contributed by atoms with Crippen LogP contribution in [-0.4, -0.2) is 37.2 Å². The molecule has 0 bridgehead atoms. The van der Waals surface area contributed by atoms with Gasteiger partial charge in [-0.15, -0.1) is 0 Å². The Hall–Kier alpha value is -1.59. The van der Waals surface area contributed by atoms with Crippen LogP contribution in [0.2, 0.25) is 0 Å². The van der Waals surface area contributed by atoms with E-state index in [0.717, 1.165) is 75.5 Å². The zero-order valence-corrected chi connectivity index (χ0v) is 46.2. The van der Waals surface area contributed by atoms with Gasteiger partial charge in [-0.2, -0.15) is 0 Å². The second-order valence-electron chi connectivity index (χ2n) is 22.4. The van der Waals surface area contributed by atoms with E-state index in [9.17, 15) is 14.4 Å². The zero-order chi connectivity index (χ0) is 49.1. The van der Waals surface area contributed by atoms with Crippen LogP contribution in [0.5, 0.6) is 0 Å². The Morgan fingerprint density at radius 2 is 0.433 bits per heavy atom. The quantitative estimate of drug-likeness (QED) is 0.0343. The lowest BCUT2D eigenvalue weighted by atomic mass is 10.0. The first-order chi connectivity index (χ1) is 32.6. The molecule has 6 nitrogen and oxygen atoms in total. The molecule has 0 spiro atoms. The second-order valence-corrected chi connectivity index (χ2v) is 22.4. The summed E-state index contributed by atoms with van der Waals surface area (Å²) in [5.74, 6) is 1.68. The third-order valence-corrected chi connectivity index (χ3v) is 13.9. The Balaban J connectivity index is 4.30. The van der Waals surface area contributed by atoms with E-state index < -0.39 is 6.10 Å². The van der Waals surface area contributed by atoms with E-state index in [1.807, 2.05) is 0 Å². The smallest absolute Gasteiger partial charge is 0.306 e. The third-order valence-electron chi connectivity index (χ3n) is 13.9. The summed E-state index contributed by atoms with van der Waals surface area (Å²) in [6.07, 6.45) is 55.2. The molecule has 0 aromatic carbocycles. The van der Waals surface area contributed by atoms with Crippen molar-refractivity contribution < 1.29 is 28.6 Å². The summed E-state index contributed by atoms with van der Waals surface area (Å²) in [6.45, 7) is 13.8. The van der Waals surface area contributed by atoms with Crippen molar-refractivity contribution in [3.63, 3.8) is 0 Å². The minimum Gasteiger partial charge on any atom is -0.462 e. The predicted molar refractivity (Wildman–Crippen MR) is 289 cm³/mol. The summed E-state index contributed by atoms with van der Waals surface area (Å²) >= 11 is 0. The summed E-state index contributed by atoms with van der Waals surface area (Å²) in [4.78, 5) is 38.2. The number of ether oxygens (including phenoxy) is 3. The standard InChI is InChI=1S/C61H118O6/c1-55(2)47-41-35-29-23-17-11-8-7-9-13-20-26-32-38-44-50-59(62)65-53-58(54-66-60(63)51-45-39-33-27-21-16-15-19-25-31-37-43-49-57(5)6)67-61(64)52-46-40-34-28-22-14-10-12-18-24-30-36-42-48-56(3)4/h55-58H,7-54H2,1-6H3/t58-/m0/s1. The van der Waals surface area contributed by atoms with E-state index in [-0.39, 0.29) is 31.1 Å². The number of hydrogen-bond donors (Lipinski definition) is 0. The molecule has 0 saturated carbocycles. The summed E-state index contributed by atoms with van der Waals surface area (Å²) < 4.78 is 16.9. The van der Waals surface area contributed by atoms with Crippen molar-refractivity contribution in [1.29, 1.82) is 0 Å². The summed E-state index contributed by atoms with van der Waals surface area (Å²) in [7, 11) is 0. The molecule has 398 valence electrons. The minimum absolute atomic E-state index is 0.0631. The summed E-state index contributed by atoms with van der Waals surface area (Å²) in [5, 5.41) is 0. The topological polar surface area (TPSA) is 78.9 Å². The Morgan fingerprint density at radius 1 is 0.254 bits per heavy atom. The molecule has 0 aromatic heterocycles. The molecular weight excluding hydrogens is 829 g/mol.